The molecule has 0 saturated carbocycles. The Labute approximate surface area is 178 Å². The number of benzene rings is 2. The number of carboxylic acids is 1. The summed E-state index contributed by atoms with van der Waals surface area (Å²) in [6.07, 6.45) is 5.75. The number of carboxylic acid groups (broad SMARTS) is 1. The minimum atomic E-state index is -0.956. The third-order valence-corrected chi connectivity index (χ3v) is 6.02. The number of piperidine rings is 1. The molecule has 0 spiro atoms. The summed E-state index contributed by atoms with van der Waals surface area (Å²) in [7, 11) is 0. The maximum absolute atomic E-state index is 13.4. The minimum absolute atomic E-state index is 0.222. The molecule has 1 aliphatic rings. The maximum atomic E-state index is 13.4. The smallest absolute Gasteiger partial charge is 0.335 e. The van der Waals surface area contributed by atoms with Gasteiger partial charge >= 0.3 is 5.97 Å². The zero-order chi connectivity index (χ0) is 21.4. The third-order valence-electron chi connectivity index (χ3n) is 6.02. The molecular formula is C24H22FN3O3. The highest BCUT2D eigenvalue weighted by atomic mass is 19.1. The Morgan fingerprint density at radius 3 is 2.71 bits per heavy atom. The van der Waals surface area contributed by atoms with Gasteiger partial charge in [-0.15, -0.1) is 0 Å². The minimum Gasteiger partial charge on any atom is -0.478 e. The number of oxazole rings is 1. The highest BCUT2D eigenvalue weighted by molar-refractivity contribution is 5.88. The first-order valence-corrected chi connectivity index (χ1v) is 10.3. The van der Waals surface area contributed by atoms with E-state index in [1.165, 1.54) is 11.6 Å². The zero-order valence-corrected chi connectivity index (χ0v) is 16.8. The predicted molar refractivity (Wildman–Crippen MR) is 114 cm³/mol. The summed E-state index contributed by atoms with van der Waals surface area (Å²) in [6, 6.07) is 11.4. The molecule has 1 fully saturated rings. The SMILES string of the molecule is O=C(O)c1ccc(-c2nc(CN3CCC(c4c[nH]c5cc(F)ccc45)CC3)co2)cc1. The Balaban J connectivity index is 1.21. The Kier molecular flexibility index (Phi) is 5.03. The Morgan fingerprint density at radius 1 is 1.19 bits per heavy atom. The normalized spacial score (nSPS) is 15.5. The van der Waals surface area contributed by atoms with E-state index in [9.17, 15) is 9.18 Å². The number of halogens is 1. The lowest BCUT2D eigenvalue weighted by molar-refractivity contribution is 0.0697. The lowest BCUT2D eigenvalue weighted by atomic mass is 9.89. The molecule has 4 aromatic rings. The summed E-state index contributed by atoms with van der Waals surface area (Å²) in [5.74, 6) is -0.229. The van der Waals surface area contributed by atoms with Crippen LogP contribution in [0.2, 0.25) is 0 Å². The van der Waals surface area contributed by atoms with E-state index in [-0.39, 0.29) is 11.4 Å². The molecule has 1 aliphatic heterocycles. The van der Waals surface area contributed by atoms with E-state index < -0.39 is 5.97 Å². The molecule has 158 valence electrons. The number of carbonyl (C=O) groups is 1. The van der Waals surface area contributed by atoms with E-state index in [1.54, 1.807) is 36.6 Å². The average Bonchev–Trinajstić information content (AvgIpc) is 3.41. The average molecular weight is 419 g/mol. The molecule has 0 atom stereocenters. The van der Waals surface area contributed by atoms with Crippen molar-refractivity contribution < 1.29 is 18.7 Å². The van der Waals surface area contributed by atoms with E-state index in [0.717, 1.165) is 48.1 Å². The highest BCUT2D eigenvalue weighted by Gasteiger charge is 2.23. The molecule has 2 aromatic carbocycles. The van der Waals surface area contributed by atoms with Crippen molar-refractivity contribution in [2.24, 2.45) is 0 Å². The van der Waals surface area contributed by atoms with Crippen molar-refractivity contribution in [1.82, 2.24) is 14.9 Å². The topological polar surface area (TPSA) is 82.4 Å². The van der Waals surface area contributed by atoms with Crippen molar-refractivity contribution in [3.05, 3.63) is 77.6 Å². The predicted octanol–water partition coefficient (Wildman–Crippen LogP) is 5.04. The van der Waals surface area contributed by atoms with Crippen LogP contribution in [0.1, 0.15) is 40.4 Å². The van der Waals surface area contributed by atoms with Crippen molar-refractivity contribution in [2.75, 3.05) is 13.1 Å². The molecule has 0 aliphatic carbocycles. The van der Waals surface area contributed by atoms with Crippen molar-refractivity contribution >= 4 is 16.9 Å². The van der Waals surface area contributed by atoms with Gasteiger partial charge in [-0.25, -0.2) is 14.2 Å². The van der Waals surface area contributed by atoms with Gasteiger partial charge in [-0.1, -0.05) is 0 Å². The summed E-state index contributed by atoms with van der Waals surface area (Å²) in [6.45, 7) is 2.62. The fourth-order valence-corrected chi connectivity index (χ4v) is 4.36. The van der Waals surface area contributed by atoms with Crippen LogP contribution in [0.3, 0.4) is 0 Å². The molecule has 0 bridgehead atoms. The van der Waals surface area contributed by atoms with Gasteiger partial charge in [0.1, 0.15) is 12.1 Å². The van der Waals surface area contributed by atoms with Crippen molar-refractivity contribution in [2.45, 2.75) is 25.3 Å². The van der Waals surface area contributed by atoms with Crippen LogP contribution >= 0.6 is 0 Å². The number of H-pyrrole nitrogens is 1. The molecule has 3 heterocycles. The number of rotatable bonds is 5. The molecule has 5 rings (SSSR count). The van der Waals surface area contributed by atoms with Crippen molar-refractivity contribution in [3.8, 4) is 11.5 Å². The first-order chi connectivity index (χ1) is 15.1. The zero-order valence-electron chi connectivity index (χ0n) is 16.8. The second-order valence-electron chi connectivity index (χ2n) is 8.01. The van der Waals surface area contributed by atoms with Crippen LogP contribution in [0.5, 0.6) is 0 Å². The summed E-state index contributed by atoms with van der Waals surface area (Å²) in [4.78, 5) is 21.1. The van der Waals surface area contributed by atoms with E-state index in [2.05, 4.69) is 14.9 Å². The van der Waals surface area contributed by atoms with E-state index in [0.29, 0.717) is 18.4 Å². The number of aromatic amines is 1. The van der Waals surface area contributed by atoms with Gasteiger partial charge in [0.2, 0.25) is 5.89 Å². The van der Waals surface area contributed by atoms with Gasteiger partial charge in [-0.2, -0.15) is 0 Å². The lowest BCUT2D eigenvalue weighted by Crippen LogP contribution is -2.32. The summed E-state index contributed by atoms with van der Waals surface area (Å²) in [5, 5.41) is 10.1. The number of nitrogens with one attached hydrogen (secondary N) is 1. The summed E-state index contributed by atoms with van der Waals surface area (Å²) in [5.41, 5.74) is 3.97. The van der Waals surface area contributed by atoms with Gasteiger partial charge in [0, 0.05) is 29.2 Å². The second-order valence-corrected chi connectivity index (χ2v) is 8.01. The number of likely N-dealkylation sites (tertiary alicyclic amines) is 1. The third kappa shape index (κ3) is 3.96. The van der Waals surface area contributed by atoms with Crippen molar-refractivity contribution in [1.29, 1.82) is 0 Å². The maximum Gasteiger partial charge on any atom is 0.335 e. The highest BCUT2D eigenvalue weighted by Crippen LogP contribution is 2.34. The first-order valence-electron chi connectivity index (χ1n) is 10.3. The van der Waals surface area contributed by atoms with Crippen LogP contribution in [0.15, 0.2) is 59.3 Å². The molecule has 2 aromatic heterocycles. The first kappa shape index (κ1) is 19.5. The molecule has 0 radical (unpaired) electrons. The van der Waals surface area contributed by atoms with Gasteiger partial charge in [-0.3, -0.25) is 4.90 Å². The van der Waals surface area contributed by atoms with Crippen LogP contribution in [-0.2, 0) is 6.54 Å². The van der Waals surface area contributed by atoms with Gasteiger partial charge in [0.05, 0.1) is 11.3 Å². The number of hydrogen-bond donors (Lipinski definition) is 2. The van der Waals surface area contributed by atoms with Gasteiger partial charge in [0.25, 0.3) is 0 Å². The number of aromatic nitrogens is 2. The molecule has 31 heavy (non-hydrogen) atoms. The summed E-state index contributed by atoms with van der Waals surface area (Å²) >= 11 is 0. The van der Waals surface area contributed by atoms with Crippen molar-refractivity contribution in [3.63, 3.8) is 0 Å². The van der Waals surface area contributed by atoms with Crippen LogP contribution in [-0.4, -0.2) is 39.0 Å². The Bertz CT molecular complexity index is 1220. The van der Waals surface area contributed by atoms with E-state index in [4.69, 9.17) is 9.52 Å². The Hall–Kier alpha value is -3.45. The largest absolute Gasteiger partial charge is 0.478 e. The molecule has 2 N–H and O–H groups in total. The van der Waals surface area contributed by atoms with E-state index in [1.807, 2.05) is 12.3 Å². The van der Waals surface area contributed by atoms with Crippen LogP contribution < -0.4 is 0 Å². The Morgan fingerprint density at radius 2 is 1.97 bits per heavy atom. The van der Waals surface area contributed by atoms with E-state index >= 15 is 0 Å². The van der Waals surface area contributed by atoms with Crippen LogP contribution in [0.4, 0.5) is 4.39 Å². The molecule has 0 amide bonds. The fraction of sp³-hybridized carbons (Fsp3) is 0.250. The number of hydrogen-bond acceptors (Lipinski definition) is 4. The molecule has 1 saturated heterocycles. The lowest BCUT2D eigenvalue weighted by Gasteiger charge is -2.31. The fourth-order valence-electron chi connectivity index (χ4n) is 4.36. The van der Waals surface area contributed by atoms with Gasteiger partial charge in [-0.05, 0) is 79.9 Å². The van der Waals surface area contributed by atoms with Gasteiger partial charge < -0.3 is 14.5 Å². The molecule has 7 heteroatoms. The number of nitrogens with zero attached hydrogens (tertiary/aromatic N) is 2. The molecule has 0 unspecified atom stereocenters. The number of aromatic carboxylic acids is 1. The second kappa shape index (κ2) is 8.00. The molecular weight excluding hydrogens is 397 g/mol. The van der Waals surface area contributed by atoms with Gasteiger partial charge in [0.15, 0.2) is 0 Å². The van der Waals surface area contributed by atoms with Crippen LogP contribution in [0, 0.1) is 5.82 Å². The monoisotopic (exact) mass is 419 g/mol. The quantitative estimate of drug-likeness (QED) is 0.474. The van der Waals surface area contributed by atoms with Crippen LogP contribution in [0.25, 0.3) is 22.4 Å². The molecule has 6 nitrogen and oxygen atoms in total. The number of fused-ring (bicyclic) bond motifs is 1. The standard InChI is InChI=1S/C24H22FN3O3/c25-18-5-6-20-21(12-26-22(20)11-18)15-7-9-28(10-8-15)13-19-14-31-23(27-19)16-1-3-17(4-2-16)24(29)30/h1-6,11-12,14-15,26H,7-10,13H2,(H,29,30). The summed E-state index contributed by atoms with van der Waals surface area (Å²) < 4.78 is 19.1.